The van der Waals surface area contributed by atoms with Crippen LogP contribution in [-0.2, 0) is 6.54 Å². The maximum absolute atomic E-state index is 12.0. The number of nitrogens with one attached hydrogen (secondary N) is 1. The van der Waals surface area contributed by atoms with Crippen LogP contribution in [0.1, 0.15) is 42.5 Å². The molecule has 10 heteroatoms. The van der Waals surface area contributed by atoms with Crippen molar-refractivity contribution in [1.82, 2.24) is 20.3 Å². The second kappa shape index (κ2) is 9.98. The molecule has 0 aromatic carbocycles. The second-order valence-corrected chi connectivity index (χ2v) is 7.00. The average molecular weight is 399 g/mol. The predicted octanol–water partition coefficient (Wildman–Crippen LogP) is 2.79. The molecule has 2 aromatic heterocycles. The van der Waals surface area contributed by atoms with Crippen molar-refractivity contribution in [3.63, 3.8) is 0 Å². The fourth-order valence-electron chi connectivity index (χ4n) is 1.60. The zero-order valence-corrected chi connectivity index (χ0v) is 16.2. The Hall–Kier alpha value is -2.75. The fraction of sp³-hybridized carbons (Fsp3) is 0.444. The Bertz CT molecular complexity index is 753. The highest BCUT2D eigenvalue weighted by atomic mass is 19.4. The lowest BCUT2D eigenvalue weighted by atomic mass is 10.1. The first kappa shape index (κ1) is 23.3. The molecule has 0 aliphatic rings. The van der Waals surface area contributed by atoms with Crippen molar-refractivity contribution >= 4 is 5.91 Å². The molecule has 0 bridgehead atoms. The molecule has 0 saturated carbocycles. The molecule has 1 amide bonds. The molecule has 2 heterocycles. The van der Waals surface area contributed by atoms with E-state index < -0.39 is 18.7 Å². The molecule has 28 heavy (non-hydrogen) atoms. The van der Waals surface area contributed by atoms with Crippen LogP contribution in [0.4, 0.5) is 13.2 Å². The molecular weight excluding hydrogens is 375 g/mol. The van der Waals surface area contributed by atoms with Crippen molar-refractivity contribution in [2.24, 2.45) is 5.73 Å². The molecule has 7 nitrogen and oxygen atoms in total. The van der Waals surface area contributed by atoms with Crippen LogP contribution < -0.4 is 15.8 Å². The third-order valence-corrected chi connectivity index (χ3v) is 2.62. The maximum Gasteiger partial charge on any atom is 0.422 e. The summed E-state index contributed by atoms with van der Waals surface area (Å²) in [5.74, 6) is -0.541. The fourth-order valence-corrected chi connectivity index (χ4v) is 1.60. The number of carbonyl (C=O) groups is 1. The quantitative estimate of drug-likeness (QED) is 0.801. The number of nitrogens with two attached hydrogens (primary N) is 1. The molecule has 2 aromatic rings. The van der Waals surface area contributed by atoms with Crippen LogP contribution in [0.2, 0.25) is 0 Å². The van der Waals surface area contributed by atoms with Crippen molar-refractivity contribution in [3.05, 3.63) is 47.7 Å². The number of ether oxygens (including phenoxy) is 1. The molecule has 0 spiro atoms. The van der Waals surface area contributed by atoms with E-state index in [-0.39, 0.29) is 23.7 Å². The van der Waals surface area contributed by atoms with Gasteiger partial charge in [0.2, 0.25) is 5.88 Å². The number of halogens is 3. The van der Waals surface area contributed by atoms with E-state index in [1.165, 1.54) is 30.7 Å². The lowest BCUT2D eigenvalue weighted by Gasteiger charge is -2.09. The van der Waals surface area contributed by atoms with Crippen LogP contribution in [0, 0.1) is 6.92 Å². The highest BCUT2D eigenvalue weighted by Crippen LogP contribution is 2.17. The number of hydrogen-bond acceptors (Lipinski definition) is 6. The van der Waals surface area contributed by atoms with E-state index in [2.05, 4.69) is 25.0 Å². The van der Waals surface area contributed by atoms with Crippen molar-refractivity contribution < 1.29 is 22.7 Å². The van der Waals surface area contributed by atoms with Gasteiger partial charge >= 0.3 is 6.18 Å². The summed E-state index contributed by atoms with van der Waals surface area (Å²) >= 11 is 0. The molecule has 0 aliphatic heterocycles. The number of aryl methyl sites for hydroxylation is 1. The van der Waals surface area contributed by atoms with Gasteiger partial charge in [-0.3, -0.25) is 9.78 Å². The first-order chi connectivity index (χ1) is 12.8. The van der Waals surface area contributed by atoms with Crippen molar-refractivity contribution in [2.75, 3.05) is 6.61 Å². The highest BCUT2D eigenvalue weighted by Gasteiger charge is 2.28. The Balaban J connectivity index is 0.000000696. The van der Waals surface area contributed by atoms with Gasteiger partial charge in [-0.05, 0) is 33.3 Å². The van der Waals surface area contributed by atoms with Crippen LogP contribution in [0.5, 0.6) is 5.88 Å². The van der Waals surface area contributed by atoms with Gasteiger partial charge in [0.25, 0.3) is 5.91 Å². The highest BCUT2D eigenvalue weighted by molar-refractivity contribution is 5.91. The maximum atomic E-state index is 12.0. The standard InChI is InChI=1S/C14H13F3N4O2.C4H11N/c1-9-4-18-7-11(21-9)13(22)20-6-10-2-3-12(19-5-10)23-8-14(15,16)17;1-4(2,3)5/h2-5,7H,6,8H2,1H3,(H,20,22);5H2,1-3H3. The lowest BCUT2D eigenvalue weighted by Crippen LogP contribution is -2.26. The zero-order valence-electron chi connectivity index (χ0n) is 16.2. The minimum Gasteiger partial charge on any atom is -0.468 e. The summed E-state index contributed by atoms with van der Waals surface area (Å²) in [6, 6.07) is 2.82. The van der Waals surface area contributed by atoms with Crippen molar-refractivity contribution in [2.45, 2.75) is 46.0 Å². The van der Waals surface area contributed by atoms with Gasteiger partial charge in [-0.2, -0.15) is 13.2 Å². The normalized spacial score (nSPS) is 11.3. The van der Waals surface area contributed by atoms with Gasteiger partial charge < -0.3 is 15.8 Å². The van der Waals surface area contributed by atoms with Gasteiger partial charge in [-0.25, -0.2) is 9.97 Å². The van der Waals surface area contributed by atoms with E-state index in [9.17, 15) is 18.0 Å². The molecule has 0 saturated heterocycles. The van der Waals surface area contributed by atoms with E-state index in [1.807, 2.05) is 20.8 Å². The molecule has 0 unspecified atom stereocenters. The number of alkyl halides is 3. The van der Waals surface area contributed by atoms with Crippen molar-refractivity contribution in [1.29, 1.82) is 0 Å². The largest absolute Gasteiger partial charge is 0.468 e. The molecule has 0 radical (unpaired) electrons. The lowest BCUT2D eigenvalue weighted by molar-refractivity contribution is -0.154. The third-order valence-electron chi connectivity index (χ3n) is 2.62. The van der Waals surface area contributed by atoms with E-state index >= 15 is 0 Å². The Morgan fingerprint density at radius 2 is 1.82 bits per heavy atom. The smallest absolute Gasteiger partial charge is 0.422 e. The summed E-state index contributed by atoms with van der Waals surface area (Å²) in [6.45, 7) is 6.36. The van der Waals surface area contributed by atoms with E-state index in [1.54, 1.807) is 6.92 Å². The molecule has 0 fully saturated rings. The molecule has 2 rings (SSSR count). The topological polar surface area (TPSA) is 103 Å². The summed E-state index contributed by atoms with van der Waals surface area (Å²) in [5.41, 5.74) is 6.76. The zero-order chi connectivity index (χ0) is 21.4. The summed E-state index contributed by atoms with van der Waals surface area (Å²) in [4.78, 5) is 23.5. The predicted molar refractivity (Wildman–Crippen MR) is 97.7 cm³/mol. The van der Waals surface area contributed by atoms with Gasteiger partial charge in [0.1, 0.15) is 5.69 Å². The summed E-state index contributed by atoms with van der Waals surface area (Å²) in [5, 5.41) is 2.62. The van der Waals surface area contributed by atoms with Gasteiger partial charge in [0, 0.05) is 30.5 Å². The Morgan fingerprint density at radius 3 is 2.32 bits per heavy atom. The van der Waals surface area contributed by atoms with E-state index in [4.69, 9.17) is 5.73 Å². The van der Waals surface area contributed by atoms with Gasteiger partial charge in [-0.15, -0.1) is 0 Å². The number of nitrogens with zero attached hydrogens (tertiary/aromatic N) is 3. The van der Waals surface area contributed by atoms with Crippen LogP contribution in [0.3, 0.4) is 0 Å². The Kier molecular flexibility index (Phi) is 8.30. The van der Waals surface area contributed by atoms with E-state index in [0.29, 0.717) is 11.3 Å². The first-order valence-electron chi connectivity index (χ1n) is 8.34. The monoisotopic (exact) mass is 399 g/mol. The number of pyridine rings is 1. The molecule has 0 atom stereocenters. The SMILES string of the molecule is CC(C)(C)N.Cc1cncc(C(=O)NCc2ccc(OCC(F)(F)F)nc2)n1. The summed E-state index contributed by atoms with van der Waals surface area (Å²) < 4.78 is 40.5. The summed E-state index contributed by atoms with van der Waals surface area (Å²) in [7, 11) is 0. The van der Waals surface area contributed by atoms with Crippen LogP contribution in [0.15, 0.2) is 30.7 Å². The van der Waals surface area contributed by atoms with Gasteiger partial charge in [0.05, 0.1) is 11.9 Å². The number of rotatable bonds is 5. The summed E-state index contributed by atoms with van der Waals surface area (Å²) in [6.07, 6.45) is -0.216. The minimum atomic E-state index is -4.41. The number of carbonyl (C=O) groups excluding carboxylic acids is 1. The van der Waals surface area contributed by atoms with Gasteiger partial charge in [-0.1, -0.05) is 6.07 Å². The second-order valence-electron chi connectivity index (χ2n) is 7.00. The van der Waals surface area contributed by atoms with Crippen molar-refractivity contribution in [3.8, 4) is 5.88 Å². The van der Waals surface area contributed by atoms with Gasteiger partial charge in [0.15, 0.2) is 6.61 Å². The Labute approximate surface area is 161 Å². The Morgan fingerprint density at radius 1 is 1.18 bits per heavy atom. The third kappa shape index (κ3) is 11.1. The molecule has 3 N–H and O–H groups in total. The molecule has 154 valence electrons. The first-order valence-corrected chi connectivity index (χ1v) is 8.34. The van der Waals surface area contributed by atoms with E-state index in [0.717, 1.165) is 0 Å². The minimum absolute atomic E-state index is 0. The number of amides is 1. The van der Waals surface area contributed by atoms with Crippen LogP contribution in [-0.4, -0.2) is 39.2 Å². The average Bonchev–Trinajstić information content (AvgIpc) is 2.56. The molecular formula is C18H24F3N5O2. The van der Waals surface area contributed by atoms with Crippen LogP contribution in [0.25, 0.3) is 0 Å². The number of aromatic nitrogens is 3. The molecule has 0 aliphatic carbocycles. The van der Waals surface area contributed by atoms with Crippen LogP contribution >= 0.6 is 0 Å². The number of hydrogen-bond donors (Lipinski definition) is 2.